The lowest BCUT2D eigenvalue weighted by atomic mass is 9.97. The molecule has 1 aromatic rings. The molecule has 0 bridgehead atoms. The standard InChI is InChI=1S/C12H10FNO3/c13-9-1-2-10-8(5-16-7-17-10)11(9)12(3-4-12)14-6-15/h1-2H,3-5,7H2. The zero-order valence-electron chi connectivity index (χ0n) is 9.03. The number of ether oxygens (including phenoxy) is 2. The molecule has 5 heteroatoms. The number of aliphatic imine (C=N–C) groups is 1. The van der Waals surface area contributed by atoms with Gasteiger partial charge in [-0.15, -0.1) is 0 Å². The maximum absolute atomic E-state index is 13.9. The number of hydrogen-bond donors (Lipinski definition) is 0. The molecule has 1 aromatic carbocycles. The van der Waals surface area contributed by atoms with Gasteiger partial charge in [0.2, 0.25) is 6.08 Å². The second-order valence-corrected chi connectivity index (χ2v) is 4.24. The van der Waals surface area contributed by atoms with E-state index in [4.69, 9.17) is 9.47 Å². The van der Waals surface area contributed by atoms with Crippen LogP contribution in [0.3, 0.4) is 0 Å². The lowest BCUT2D eigenvalue weighted by Crippen LogP contribution is -2.18. The highest BCUT2D eigenvalue weighted by Crippen LogP contribution is 2.52. The van der Waals surface area contributed by atoms with Gasteiger partial charge in [0.25, 0.3) is 0 Å². The van der Waals surface area contributed by atoms with Crippen LogP contribution in [0.15, 0.2) is 17.1 Å². The summed E-state index contributed by atoms with van der Waals surface area (Å²) in [6, 6.07) is 2.93. The Bertz CT molecular complexity index is 519. The van der Waals surface area contributed by atoms with Crippen LogP contribution in [0.1, 0.15) is 24.0 Å². The highest BCUT2D eigenvalue weighted by atomic mass is 19.1. The minimum Gasteiger partial charge on any atom is -0.467 e. The maximum atomic E-state index is 13.9. The molecule has 1 saturated carbocycles. The molecular formula is C12H10FNO3. The van der Waals surface area contributed by atoms with E-state index in [1.54, 1.807) is 6.07 Å². The van der Waals surface area contributed by atoms with Gasteiger partial charge in [0.05, 0.1) is 6.61 Å². The first-order chi connectivity index (χ1) is 8.27. The Kier molecular flexibility index (Phi) is 2.24. The SMILES string of the molecule is O=C=NC1(c2c(F)ccc3c2COCO3)CC1. The van der Waals surface area contributed by atoms with Crippen LogP contribution in [-0.2, 0) is 21.7 Å². The number of carbonyl (C=O) groups excluding carboxylic acids is 1. The van der Waals surface area contributed by atoms with Gasteiger partial charge in [0.1, 0.15) is 17.1 Å². The number of isocyanates is 1. The summed E-state index contributed by atoms with van der Waals surface area (Å²) in [6.45, 7) is 0.459. The molecule has 0 unspecified atom stereocenters. The third-order valence-electron chi connectivity index (χ3n) is 3.21. The van der Waals surface area contributed by atoms with Crippen molar-refractivity contribution < 1.29 is 18.7 Å². The van der Waals surface area contributed by atoms with Crippen molar-refractivity contribution in [3.8, 4) is 5.75 Å². The monoisotopic (exact) mass is 235 g/mol. The van der Waals surface area contributed by atoms with Crippen LogP contribution in [0, 0.1) is 5.82 Å². The lowest BCUT2D eigenvalue weighted by Gasteiger charge is -2.23. The number of hydrogen-bond acceptors (Lipinski definition) is 4. The van der Waals surface area contributed by atoms with Crippen LogP contribution >= 0.6 is 0 Å². The summed E-state index contributed by atoms with van der Waals surface area (Å²) in [7, 11) is 0. The predicted molar refractivity (Wildman–Crippen MR) is 55.7 cm³/mol. The van der Waals surface area contributed by atoms with Gasteiger partial charge in [-0.05, 0) is 25.0 Å². The largest absolute Gasteiger partial charge is 0.467 e. The van der Waals surface area contributed by atoms with E-state index in [1.165, 1.54) is 12.1 Å². The van der Waals surface area contributed by atoms with Crippen molar-refractivity contribution in [2.24, 2.45) is 4.99 Å². The molecule has 0 spiro atoms. The number of nitrogens with zero attached hydrogens (tertiary/aromatic N) is 1. The molecule has 0 amide bonds. The van der Waals surface area contributed by atoms with Crippen molar-refractivity contribution in [2.75, 3.05) is 6.79 Å². The van der Waals surface area contributed by atoms with Gasteiger partial charge in [-0.1, -0.05) is 0 Å². The topological polar surface area (TPSA) is 47.9 Å². The summed E-state index contributed by atoms with van der Waals surface area (Å²) in [5.74, 6) is 0.245. The predicted octanol–water partition coefficient (Wildman–Crippen LogP) is 2.02. The van der Waals surface area contributed by atoms with Crippen molar-refractivity contribution in [2.45, 2.75) is 25.0 Å². The summed E-state index contributed by atoms with van der Waals surface area (Å²) >= 11 is 0. The van der Waals surface area contributed by atoms with Crippen LogP contribution in [0.25, 0.3) is 0 Å². The highest BCUT2D eigenvalue weighted by Gasteiger charge is 2.49. The molecule has 0 N–H and O–H groups in total. The highest BCUT2D eigenvalue weighted by molar-refractivity contribution is 5.50. The van der Waals surface area contributed by atoms with E-state index in [2.05, 4.69) is 4.99 Å². The molecule has 1 heterocycles. The first-order valence-electron chi connectivity index (χ1n) is 5.38. The third kappa shape index (κ3) is 1.55. The normalized spacial score (nSPS) is 19.8. The number of benzene rings is 1. The number of rotatable bonds is 2. The van der Waals surface area contributed by atoms with Gasteiger partial charge >= 0.3 is 0 Å². The number of halogens is 1. The zero-order chi connectivity index (χ0) is 11.9. The second-order valence-electron chi connectivity index (χ2n) is 4.24. The molecule has 0 saturated heterocycles. The van der Waals surface area contributed by atoms with Gasteiger partial charge in [0, 0.05) is 11.1 Å². The molecule has 1 aliphatic heterocycles. The molecule has 17 heavy (non-hydrogen) atoms. The average molecular weight is 235 g/mol. The fourth-order valence-corrected chi connectivity index (χ4v) is 2.25. The summed E-state index contributed by atoms with van der Waals surface area (Å²) in [5.41, 5.74) is 0.354. The van der Waals surface area contributed by atoms with Crippen molar-refractivity contribution in [1.82, 2.24) is 0 Å². The van der Waals surface area contributed by atoms with Crippen LogP contribution < -0.4 is 4.74 Å². The quantitative estimate of drug-likeness (QED) is 0.582. The molecule has 0 atom stereocenters. The molecule has 4 nitrogen and oxygen atoms in total. The van der Waals surface area contributed by atoms with E-state index in [1.807, 2.05) is 0 Å². The van der Waals surface area contributed by atoms with Crippen LogP contribution in [-0.4, -0.2) is 12.9 Å². The Hall–Kier alpha value is -1.71. The Morgan fingerprint density at radius 2 is 2.24 bits per heavy atom. The van der Waals surface area contributed by atoms with Crippen LogP contribution in [0.5, 0.6) is 5.75 Å². The Morgan fingerprint density at radius 1 is 1.41 bits per heavy atom. The van der Waals surface area contributed by atoms with Gasteiger partial charge in [-0.2, -0.15) is 4.99 Å². The van der Waals surface area contributed by atoms with Gasteiger partial charge < -0.3 is 9.47 Å². The first-order valence-corrected chi connectivity index (χ1v) is 5.38. The first kappa shape index (κ1) is 10.4. The molecular weight excluding hydrogens is 225 g/mol. The molecule has 1 aliphatic carbocycles. The summed E-state index contributed by atoms with van der Waals surface area (Å²) < 4.78 is 24.4. The lowest BCUT2D eigenvalue weighted by molar-refractivity contribution is -0.0173. The van der Waals surface area contributed by atoms with Crippen LogP contribution in [0.4, 0.5) is 4.39 Å². The maximum Gasteiger partial charge on any atom is 0.235 e. The molecule has 2 aliphatic rings. The van der Waals surface area contributed by atoms with Gasteiger partial charge in [-0.3, -0.25) is 0 Å². The Labute approximate surface area is 97.1 Å². The average Bonchev–Trinajstić information content (AvgIpc) is 3.10. The van der Waals surface area contributed by atoms with Gasteiger partial charge in [0.15, 0.2) is 6.79 Å². The van der Waals surface area contributed by atoms with Crippen molar-refractivity contribution in [1.29, 1.82) is 0 Å². The van der Waals surface area contributed by atoms with Gasteiger partial charge in [-0.25, -0.2) is 9.18 Å². The molecule has 3 rings (SSSR count). The smallest absolute Gasteiger partial charge is 0.235 e. The molecule has 1 fully saturated rings. The van der Waals surface area contributed by atoms with Crippen LogP contribution in [0.2, 0.25) is 0 Å². The number of fused-ring (bicyclic) bond motifs is 1. The van der Waals surface area contributed by atoms with E-state index >= 15 is 0 Å². The van der Waals surface area contributed by atoms with Crippen molar-refractivity contribution in [3.05, 3.63) is 29.1 Å². The summed E-state index contributed by atoms with van der Waals surface area (Å²) in [5, 5.41) is 0. The molecule has 0 aromatic heterocycles. The second kappa shape index (κ2) is 3.65. The van der Waals surface area contributed by atoms with E-state index in [-0.39, 0.29) is 12.6 Å². The summed E-state index contributed by atoms with van der Waals surface area (Å²) in [4.78, 5) is 14.2. The fraction of sp³-hybridized carbons (Fsp3) is 0.417. The molecule has 88 valence electrons. The summed E-state index contributed by atoms with van der Waals surface area (Å²) in [6.07, 6.45) is 2.85. The minimum atomic E-state index is -0.735. The molecule has 0 radical (unpaired) electrons. The Morgan fingerprint density at radius 3 is 2.94 bits per heavy atom. The third-order valence-corrected chi connectivity index (χ3v) is 3.21. The minimum absolute atomic E-state index is 0.169. The van der Waals surface area contributed by atoms with E-state index < -0.39 is 5.54 Å². The van der Waals surface area contributed by atoms with E-state index in [0.717, 1.165) is 0 Å². The van der Waals surface area contributed by atoms with E-state index in [9.17, 15) is 9.18 Å². The Balaban J connectivity index is 2.18. The van der Waals surface area contributed by atoms with E-state index in [0.29, 0.717) is 36.3 Å². The zero-order valence-corrected chi connectivity index (χ0v) is 9.03. The van der Waals surface area contributed by atoms with Crippen molar-refractivity contribution in [3.63, 3.8) is 0 Å². The fourth-order valence-electron chi connectivity index (χ4n) is 2.25. The van der Waals surface area contributed by atoms with Crippen molar-refractivity contribution >= 4 is 6.08 Å².